The van der Waals surface area contributed by atoms with Crippen molar-refractivity contribution in [3.63, 3.8) is 0 Å². The highest BCUT2D eigenvalue weighted by Gasteiger charge is 2.33. The predicted molar refractivity (Wildman–Crippen MR) is 78.5 cm³/mol. The van der Waals surface area contributed by atoms with Crippen LogP contribution in [0.2, 0.25) is 0 Å². The van der Waals surface area contributed by atoms with Crippen LogP contribution in [0, 0.1) is 11.8 Å². The van der Waals surface area contributed by atoms with E-state index in [-0.39, 0.29) is 30.3 Å². The quantitative estimate of drug-likeness (QED) is 0.661. The highest BCUT2D eigenvalue weighted by molar-refractivity contribution is 5.85. The normalized spacial score (nSPS) is 21.7. The third-order valence-electron chi connectivity index (χ3n) is 3.25. The molecule has 0 aromatic carbocycles. The minimum Gasteiger partial charge on any atom is -0.481 e. The number of hydrogen-bond donors (Lipinski definition) is 3. The summed E-state index contributed by atoms with van der Waals surface area (Å²) in [5, 5.41) is 14.6. The number of carboxylic acids is 1. The molecule has 0 unspecified atom stereocenters. The predicted octanol–water partition coefficient (Wildman–Crippen LogP) is 1.07. The Kier molecular flexibility index (Phi) is 5.93. The van der Waals surface area contributed by atoms with Gasteiger partial charge < -0.3 is 15.7 Å². The molecule has 2 atom stereocenters. The zero-order chi connectivity index (χ0) is 16.0. The van der Waals surface area contributed by atoms with E-state index in [0.29, 0.717) is 12.8 Å². The Hall–Kier alpha value is -1.85. The van der Waals surface area contributed by atoms with Crippen LogP contribution in [0.5, 0.6) is 0 Å². The molecule has 1 rings (SSSR count). The molecule has 6 heteroatoms. The molecule has 0 saturated carbocycles. The lowest BCUT2D eigenvalue weighted by molar-refractivity contribution is -0.147. The van der Waals surface area contributed by atoms with E-state index in [0.717, 1.165) is 0 Å². The number of carbonyl (C=O) groups excluding carboxylic acids is 2. The Morgan fingerprint density at radius 2 is 1.71 bits per heavy atom. The van der Waals surface area contributed by atoms with Crippen molar-refractivity contribution in [1.29, 1.82) is 0 Å². The van der Waals surface area contributed by atoms with E-state index in [1.807, 2.05) is 26.8 Å². The molecule has 3 N–H and O–H groups in total. The Morgan fingerprint density at radius 3 is 2.24 bits per heavy atom. The van der Waals surface area contributed by atoms with Crippen LogP contribution in [0.4, 0.5) is 0 Å². The third-order valence-corrected chi connectivity index (χ3v) is 3.25. The van der Waals surface area contributed by atoms with Gasteiger partial charge in [-0.05, 0) is 33.6 Å². The van der Waals surface area contributed by atoms with Crippen molar-refractivity contribution in [2.45, 2.75) is 45.6 Å². The molecule has 0 spiro atoms. The molecule has 0 aliphatic heterocycles. The fraction of sp³-hybridized carbons (Fsp3) is 0.667. The second-order valence-corrected chi connectivity index (χ2v) is 6.33. The number of carbonyl (C=O) groups is 3. The van der Waals surface area contributed by atoms with Gasteiger partial charge in [-0.25, -0.2) is 0 Å². The Bertz CT molecular complexity index is 437. The smallest absolute Gasteiger partial charge is 0.307 e. The minimum atomic E-state index is -0.954. The van der Waals surface area contributed by atoms with Gasteiger partial charge in [0, 0.05) is 18.5 Å². The second kappa shape index (κ2) is 7.24. The molecule has 0 saturated heterocycles. The summed E-state index contributed by atoms with van der Waals surface area (Å²) < 4.78 is 0. The number of rotatable bonds is 5. The molecule has 2 amide bonds. The van der Waals surface area contributed by atoms with Crippen LogP contribution >= 0.6 is 0 Å². The van der Waals surface area contributed by atoms with E-state index >= 15 is 0 Å². The highest BCUT2D eigenvalue weighted by atomic mass is 16.4. The van der Waals surface area contributed by atoms with Gasteiger partial charge in [-0.15, -0.1) is 0 Å². The summed E-state index contributed by atoms with van der Waals surface area (Å²) >= 11 is 0. The lowest BCUT2D eigenvalue weighted by atomic mass is 9.82. The molecule has 0 radical (unpaired) electrons. The summed E-state index contributed by atoms with van der Waals surface area (Å²) in [6.07, 6.45) is 4.60. The molecule has 118 valence electrons. The number of carboxylic acid groups (broad SMARTS) is 1. The Labute approximate surface area is 125 Å². The van der Waals surface area contributed by atoms with Crippen LogP contribution in [0.1, 0.15) is 40.0 Å². The minimum absolute atomic E-state index is 0.138. The average Bonchev–Trinajstić information content (AvgIpc) is 2.36. The summed E-state index contributed by atoms with van der Waals surface area (Å²) in [5.74, 6) is -2.63. The van der Waals surface area contributed by atoms with E-state index in [9.17, 15) is 14.4 Å². The maximum Gasteiger partial charge on any atom is 0.307 e. The summed E-state index contributed by atoms with van der Waals surface area (Å²) in [7, 11) is 0. The maximum atomic E-state index is 12.0. The van der Waals surface area contributed by atoms with E-state index < -0.39 is 17.8 Å². The summed E-state index contributed by atoms with van der Waals surface area (Å²) in [6.45, 7) is 5.87. The zero-order valence-corrected chi connectivity index (χ0v) is 12.8. The molecule has 0 aromatic rings. The summed E-state index contributed by atoms with van der Waals surface area (Å²) in [4.78, 5) is 34.8. The van der Waals surface area contributed by atoms with E-state index in [4.69, 9.17) is 5.11 Å². The molecule has 1 aliphatic carbocycles. The Balaban J connectivity index is 2.41. The lowest BCUT2D eigenvalue weighted by Gasteiger charge is -2.24. The van der Waals surface area contributed by atoms with E-state index in [1.54, 1.807) is 6.08 Å². The number of allylic oxidation sites excluding steroid dienone is 2. The standard InChI is InChI=1S/C15H24N2O4/c1-15(2,3)17-12(18)8-9-16-13(19)10-6-4-5-7-11(10)14(20)21/h4-5,10-11H,6-9H2,1-3H3,(H,16,19)(H,17,18)(H,20,21)/t10-,11+/m1/s1. The fourth-order valence-electron chi connectivity index (χ4n) is 2.29. The van der Waals surface area contributed by atoms with Crippen LogP contribution in [-0.2, 0) is 14.4 Å². The van der Waals surface area contributed by atoms with Crippen molar-refractivity contribution >= 4 is 17.8 Å². The monoisotopic (exact) mass is 296 g/mol. The zero-order valence-electron chi connectivity index (χ0n) is 12.8. The van der Waals surface area contributed by atoms with Crippen molar-refractivity contribution in [2.75, 3.05) is 6.54 Å². The van der Waals surface area contributed by atoms with Crippen molar-refractivity contribution in [3.05, 3.63) is 12.2 Å². The van der Waals surface area contributed by atoms with Crippen LogP contribution < -0.4 is 10.6 Å². The summed E-state index contributed by atoms with van der Waals surface area (Å²) in [6, 6.07) is 0. The van der Waals surface area contributed by atoms with Gasteiger partial charge in [-0.2, -0.15) is 0 Å². The van der Waals surface area contributed by atoms with Crippen molar-refractivity contribution < 1.29 is 19.5 Å². The number of nitrogens with one attached hydrogen (secondary N) is 2. The first-order valence-electron chi connectivity index (χ1n) is 7.17. The third kappa shape index (κ3) is 5.97. The van der Waals surface area contributed by atoms with Crippen LogP contribution in [0.15, 0.2) is 12.2 Å². The van der Waals surface area contributed by atoms with Crippen LogP contribution in [0.3, 0.4) is 0 Å². The SMILES string of the molecule is CC(C)(C)NC(=O)CCNC(=O)[C@@H]1CC=CC[C@@H]1C(=O)O. The molecule has 0 aromatic heterocycles. The molecular weight excluding hydrogens is 272 g/mol. The van der Waals surface area contributed by atoms with Crippen LogP contribution in [-0.4, -0.2) is 35.0 Å². The number of amides is 2. The average molecular weight is 296 g/mol. The molecule has 0 heterocycles. The van der Waals surface area contributed by atoms with Gasteiger partial charge in [0.1, 0.15) is 0 Å². The van der Waals surface area contributed by atoms with Gasteiger partial charge in [0.15, 0.2) is 0 Å². The maximum absolute atomic E-state index is 12.0. The van der Waals surface area contributed by atoms with Crippen molar-refractivity contribution in [3.8, 4) is 0 Å². The number of hydrogen-bond acceptors (Lipinski definition) is 3. The van der Waals surface area contributed by atoms with E-state index in [1.165, 1.54) is 0 Å². The lowest BCUT2D eigenvalue weighted by Crippen LogP contribution is -2.43. The molecule has 6 nitrogen and oxygen atoms in total. The molecule has 0 bridgehead atoms. The van der Waals surface area contributed by atoms with Crippen LogP contribution in [0.25, 0.3) is 0 Å². The molecule has 1 aliphatic rings. The molecular formula is C15H24N2O4. The van der Waals surface area contributed by atoms with Gasteiger partial charge in [0.2, 0.25) is 11.8 Å². The Morgan fingerprint density at radius 1 is 1.14 bits per heavy atom. The van der Waals surface area contributed by atoms with Gasteiger partial charge >= 0.3 is 5.97 Å². The van der Waals surface area contributed by atoms with Gasteiger partial charge in [0.05, 0.1) is 11.8 Å². The van der Waals surface area contributed by atoms with Gasteiger partial charge in [0.25, 0.3) is 0 Å². The second-order valence-electron chi connectivity index (χ2n) is 6.33. The fourth-order valence-corrected chi connectivity index (χ4v) is 2.29. The topological polar surface area (TPSA) is 95.5 Å². The molecule has 21 heavy (non-hydrogen) atoms. The first-order chi connectivity index (χ1) is 9.70. The number of aliphatic carboxylic acids is 1. The van der Waals surface area contributed by atoms with Crippen molar-refractivity contribution in [2.24, 2.45) is 11.8 Å². The molecule has 0 fully saturated rings. The first-order valence-corrected chi connectivity index (χ1v) is 7.17. The van der Waals surface area contributed by atoms with Gasteiger partial charge in [-0.1, -0.05) is 12.2 Å². The highest BCUT2D eigenvalue weighted by Crippen LogP contribution is 2.25. The largest absolute Gasteiger partial charge is 0.481 e. The van der Waals surface area contributed by atoms with Crippen molar-refractivity contribution in [1.82, 2.24) is 10.6 Å². The van der Waals surface area contributed by atoms with E-state index in [2.05, 4.69) is 10.6 Å². The summed E-state index contributed by atoms with van der Waals surface area (Å²) in [5.41, 5.74) is -0.302. The van der Waals surface area contributed by atoms with Gasteiger partial charge in [-0.3, -0.25) is 14.4 Å². The first kappa shape index (κ1) is 17.2.